The Labute approximate surface area is 125 Å². The van der Waals surface area contributed by atoms with Crippen LogP contribution in [0.25, 0.3) is 0 Å². The monoisotopic (exact) mass is 308 g/mol. The van der Waals surface area contributed by atoms with Gasteiger partial charge in [0.25, 0.3) is 0 Å². The quantitative estimate of drug-likeness (QED) is 0.866. The summed E-state index contributed by atoms with van der Waals surface area (Å²) in [5, 5.41) is 18.9. The molecule has 0 atom stereocenters. The van der Waals surface area contributed by atoms with Crippen LogP contribution in [-0.4, -0.2) is 25.7 Å². The van der Waals surface area contributed by atoms with Crippen molar-refractivity contribution < 1.29 is 13.5 Å². The topological polar surface area (TPSA) is 90.2 Å². The number of hydrogen-bond donors (Lipinski definition) is 2. The standard InChI is InChI=1S/C15H20N2O3S/c16-11-8-13-4-6-14(7-5-13)21(19,20)17-12-15(18)9-2-1-3-10-15/h4-7,17-18H,1-3,8-10,12H2. The largest absolute Gasteiger partial charge is 0.389 e. The van der Waals surface area contributed by atoms with Crippen LogP contribution in [0, 0.1) is 11.3 Å². The lowest BCUT2D eigenvalue weighted by Gasteiger charge is -2.32. The fourth-order valence-electron chi connectivity index (χ4n) is 2.58. The number of rotatable bonds is 5. The molecule has 0 radical (unpaired) electrons. The van der Waals surface area contributed by atoms with Crippen LogP contribution in [0.2, 0.25) is 0 Å². The van der Waals surface area contributed by atoms with Crippen molar-refractivity contribution in [1.29, 1.82) is 5.26 Å². The maximum absolute atomic E-state index is 12.2. The lowest BCUT2D eigenvalue weighted by Crippen LogP contribution is -2.44. The lowest BCUT2D eigenvalue weighted by atomic mass is 9.85. The molecular weight excluding hydrogens is 288 g/mol. The zero-order valence-electron chi connectivity index (χ0n) is 11.9. The molecule has 1 fully saturated rings. The molecule has 1 saturated carbocycles. The highest BCUT2D eigenvalue weighted by Gasteiger charge is 2.30. The van der Waals surface area contributed by atoms with Gasteiger partial charge in [-0.2, -0.15) is 5.26 Å². The second-order valence-corrected chi connectivity index (χ2v) is 7.36. The summed E-state index contributed by atoms with van der Waals surface area (Å²) in [5.41, 5.74) is -0.145. The Kier molecular flexibility index (Phi) is 4.99. The molecule has 1 aliphatic rings. The van der Waals surface area contributed by atoms with Crippen molar-refractivity contribution in [2.75, 3.05) is 6.54 Å². The highest BCUT2D eigenvalue weighted by molar-refractivity contribution is 7.89. The van der Waals surface area contributed by atoms with Crippen LogP contribution in [0.1, 0.15) is 37.7 Å². The van der Waals surface area contributed by atoms with E-state index in [1.807, 2.05) is 6.07 Å². The highest BCUT2D eigenvalue weighted by Crippen LogP contribution is 2.27. The van der Waals surface area contributed by atoms with Crippen LogP contribution in [0.15, 0.2) is 29.2 Å². The molecule has 0 aromatic heterocycles. The molecule has 1 aromatic carbocycles. The number of nitrogens with zero attached hydrogens (tertiary/aromatic N) is 1. The average molecular weight is 308 g/mol. The van der Waals surface area contributed by atoms with Gasteiger partial charge in [0.2, 0.25) is 10.0 Å². The Morgan fingerprint density at radius 2 is 1.81 bits per heavy atom. The Morgan fingerprint density at radius 3 is 2.38 bits per heavy atom. The second-order valence-electron chi connectivity index (χ2n) is 5.59. The molecule has 21 heavy (non-hydrogen) atoms. The van der Waals surface area contributed by atoms with Crippen LogP contribution in [-0.2, 0) is 16.4 Å². The molecule has 0 spiro atoms. The van der Waals surface area contributed by atoms with E-state index in [2.05, 4.69) is 4.72 Å². The summed E-state index contributed by atoms with van der Waals surface area (Å²) in [4.78, 5) is 0.156. The fourth-order valence-corrected chi connectivity index (χ4v) is 3.70. The van der Waals surface area contributed by atoms with Gasteiger partial charge in [0.15, 0.2) is 0 Å². The minimum atomic E-state index is -3.62. The van der Waals surface area contributed by atoms with Crippen LogP contribution >= 0.6 is 0 Å². The number of hydrogen-bond acceptors (Lipinski definition) is 4. The zero-order chi connectivity index (χ0) is 15.3. The van der Waals surface area contributed by atoms with Gasteiger partial charge >= 0.3 is 0 Å². The molecule has 0 bridgehead atoms. The fraction of sp³-hybridized carbons (Fsp3) is 0.533. The normalized spacial score (nSPS) is 18.1. The molecule has 114 valence electrons. The number of nitrogens with one attached hydrogen (secondary N) is 1. The first-order valence-corrected chi connectivity index (χ1v) is 8.61. The van der Waals surface area contributed by atoms with Crippen molar-refractivity contribution in [2.45, 2.75) is 49.0 Å². The minimum absolute atomic E-state index is 0.0509. The summed E-state index contributed by atoms with van der Waals surface area (Å²) >= 11 is 0. The summed E-state index contributed by atoms with van der Waals surface area (Å²) in [7, 11) is -3.62. The third-order valence-corrected chi connectivity index (χ3v) is 5.31. The molecular formula is C15H20N2O3S. The van der Waals surface area contributed by atoms with E-state index >= 15 is 0 Å². The second kappa shape index (κ2) is 6.56. The third-order valence-electron chi connectivity index (χ3n) is 3.89. The van der Waals surface area contributed by atoms with E-state index in [0.717, 1.165) is 24.8 Å². The predicted molar refractivity (Wildman–Crippen MR) is 79.0 cm³/mol. The first-order chi connectivity index (χ1) is 9.95. The van der Waals surface area contributed by atoms with Gasteiger partial charge < -0.3 is 5.11 Å². The maximum Gasteiger partial charge on any atom is 0.240 e. The molecule has 1 aliphatic carbocycles. The molecule has 0 saturated heterocycles. The average Bonchev–Trinajstić information content (AvgIpc) is 2.47. The molecule has 0 aliphatic heterocycles. The van der Waals surface area contributed by atoms with Gasteiger partial charge in [0.05, 0.1) is 23.0 Å². The van der Waals surface area contributed by atoms with Crippen LogP contribution in [0.4, 0.5) is 0 Å². The van der Waals surface area contributed by atoms with Gasteiger partial charge in [-0.3, -0.25) is 0 Å². The van der Waals surface area contributed by atoms with Crippen molar-refractivity contribution in [3.8, 4) is 6.07 Å². The highest BCUT2D eigenvalue weighted by atomic mass is 32.2. The van der Waals surface area contributed by atoms with E-state index in [-0.39, 0.29) is 17.9 Å². The van der Waals surface area contributed by atoms with Gasteiger partial charge in [-0.15, -0.1) is 0 Å². The van der Waals surface area contributed by atoms with E-state index < -0.39 is 15.6 Å². The van der Waals surface area contributed by atoms with Crippen LogP contribution in [0.3, 0.4) is 0 Å². The molecule has 1 aromatic rings. The zero-order valence-corrected chi connectivity index (χ0v) is 12.7. The summed E-state index contributed by atoms with van der Waals surface area (Å²) in [5.74, 6) is 0. The van der Waals surface area contributed by atoms with E-state index in [9.17, 15) is 13.5 Å². The van der Waals surface area contributed by atoms with Gasteiger partial charge in [0.1, 0.15) is 0 Å². The smallest absolute Gasteiger partial charge is 0.240 e. The van der Waals surface area contributed by atoms with E-state index in [4.69, 9.17) is 5.26 Å². The maximum atomic E-state index is 12.2. The summed E-state index contributed by atoms with van der Waals surface area (Å²) < 4.78 is 26.9. The molecule has 2 N–H and O–H groups in total. The molecule has 2 rings (SSSR count). The molecule has 5 nitrogen and oxygen atoms in total. The van der Waals surface area contributed by atoms with Crippen molar-refractivity contribution in [3.05, 3.63) is 29.8 Å². The Hall–Kier alpha value is -1.42. The summed E-state index contributed by atoms with van der Waals surface area (Å²) in [6.45, 7) is 0.0509. The Morgan fingerprint density at radius 1 is 1.19 bits per heavy atom. The predicted octanol–water partition coefficient (Wildman–Crippen LogP) is 1.73. The SMILES string of the molecule is N#CCc1ccc(S(=O)(=O)NCC2(O)CCCCC2)cc1. The number of nitriles is 1. The number of benzene rings is 1. The summed E-state index contributed by atoms with van der Waals surface area (Å²) in [6.07, 6.45) is 4.48. The van der Waals surface area contributed by atoms with Crippen molar-refractivity contribution >= 4 is 10.0 Å². The van der Waals surface area contributed by atoms with E-state index in [1.54, 1.807) is 12.1 Å². The van der Waals surface area contributed by atoms with Crippen LogP contribution < -0.4 is 4.72 Å². The first-order valence-electron chi connectivity index (χ1n) is 7.13. The molecule has 0 amide bonds. The Bertz CT molecular complexity index is 611. The molecule has 6 heteroatoms. The molecule has 0 unspecified atom stereocenters. The van der Waals surface area contributed by atoms with E-state index in [1.165, 1.54) is 12.1 Å². The van der Waals surface area contributed by atoms with Gasteiger partial charge in [-0.1, -0.05) is 31.4 Å². The van der Waals surface area contributed by atoms with Crippen LogP contribution in [0.5, 0.6) is 0 Å². The first kappa shape index (κ1) is 16.0. The van der Waals surface area contributed by atoms with Gasteiger partial charge in [-0.05, 0) is 30.5 Å². The van der Waals surface area contributed by atoms with Crippen molar-refractivity contribution in [1.82, 2.24) is 4.72 Å². The number of aliphatic hydroxyl groups is 1. The van der Waals surface area contributed by atoms with E-state index in [0.29, 0.717) is 12.8 Å². The lowest BCUT2D eigenvalue weighted by molar-refractivity contribution is 0.00945. The third kappa shape index (κ3) is 4.27. The summed E-state index contributed by atoms with van der Waals surface area (Å²) in [6, 6.07) is 8.25. The Balaban J connectivity index is 2.02. The number of sulfonamides is 1. The van der Waals surface area contributed by atoms with Crippen molar-refractivity contribution in [2.24, 2.45) is 0 Å². The van der Waals surface area contributed by atoms with Gasteiger partial charge in [-0.25, -0.2) is 13.1 Å². The molecule has 0 heterocycles. The minimum Gasteiger partial charge on any atom is -0.389 e. The van der Waals surface area contributed by atoms with Gasteiger partial charge in [0, 0.05) is 6.54 Å². The van der Waals surface area contributed by atoms with Crippen molar-refractivity contribution in [3.63, 3.8) is 0 Å².